The van der Waals surface area contributed by atoms with Crippen LogP contribution >= 0.6 is 23.2 Å². The summed E-state index contributed by atoms with van der Waals surface area (Å²) in [5, 5.41) is 15.3. The smallest absolute Gasteiger partial charge is 0.337 e. The van der Waals surface area contributed by atoms with Crippen LogP contribution < -0.4 is 5.01 Å². The number of anilines is 1. The van der Waals surface area contributed by atoms with Gasteiger partial charge >= 0.3 is 5.97 Å². The van der Waals surface area contributed by atoms with Crippen molar-refractivity contribution in [1.82, 2.24) is 0 Å². The number of carbonyl (C=O) groups excluding carboxylic acids is 1. The van der Waals surface area contributed by atoms with Crippen molar-refractivity contribution in [3.05, 3.63) is 81.5 Å². The van der Waals surface area contributed by atoms with E-state index in [1.165, 1.54) is 18.2 Å². The Balaban J connectivity index is 1.64. The Morgan fingerprint density at radius 3 is 2.67 bits per heavy atom. The van der Waals surface area contributed by atoms with Crippen molar-refractivity contribution in [1.29, 1.82) is 0 Å². The van der Waals surface area contributed by atoms with Crippen LogP contribution in [0.3, 0.4) is 0 Å². The lowest BCUT2D eigenvalue weighted by Gasteiger charge is -2.12. The number of carboxylic acid groups (broad SMARTS) is 1. The van der Waals surface area contributed by atoms with Gasteiger partial charge in [-0.1, -0.05) is 35.3 Å². The fraction of sp³-hybridized carbons (Fsp3) is 0.0455. The number of hydrogen-bond donors (Lipinski definition) is 1. The molecule has 6 nitrogen and oxygen atoms in total. The molecule has 0 spiro atoms. The summed E-state index contributed by atoms with van der Waals surface area (Å²) >= 11 is 11.9. The van der Waals surface area contributed by atoms with E-state index in [9.17, 15) is 14.7 Å². The van der Waals surface area contributed by atoms with E-state index in [2.05, 4.69) is 5.10 Å². The molecule has 0 radical (unpaired) electrons. The zero-order chi connectivity index (χ0) is 21.4. The van der Waals surface area contributed by atoms with Crippen molar-refractivity contribution in [2.45, 2.75) is 6.92 Å². The summed E-state index contributed by atoms with van der Waals surface area (Å²) in [5.74, 6) is -0.488. The average Bonchev–Trinajstić information content (AvgIpc) is 3.29. The summed E-state index contributed by atoms with van der Waals surface area (Å²) < 4.78 is 5.83. The Morgan fingerprint density at radius 1 is 1.13 bits per heavy atom. The van der Waals surface area contributed by atoms with E-state index < -0.39 is 11.9 Å². The highest BCUT2D eigenvalue weighted by Gasteiger charge is 2.30. The van der Waals surface area contributed by atoms with Crippen molar-refractivity contribution in [2.24, 2.45) is 5.10 Å². The minimum Gasteiger partial charge on any atom is -0.478 e. The number of hydrazone groups is 1. The molecule has 0 fully saturated rings. The lowest BCUT2D eigenvalue weighted by atomic mass is 10.1. The van der Waals surface area contributed by atoms with E-state index in [-0.39, 0.29) is 10.6 Å². The first-order valence-electron chi connectivity index (χ1n) is 8.84. The molecular formula is C22H14Cl2N2O4. The van der Waals surface area contributed by atoms with Crippen molar-refractivity contribution in [3.8, 4) is 11.3 Å². The van der Waals surface area contributed by atoms with E-state index in [0.29, 0.717) is 33.5 Å². The van der Waals surface area contributed by atoms with Gasteiger partial charge in [-0.25, -0.2) is 4.79 Å². The Labute approximate surface area is 181 Å². The van der Waals surface area contributed by atoms with Gasteiger partial charge in [-0.15, -0.1) is 0 Å². The molecule has 4 rings (SSSR count). The minimum atomic E-state index is -1.19. The molecule has 1 N–H and O–H groups in total. The standard InChI is InChI=1S/C22H14Cl2N2O4/c1-12-17(11-16-6-8-20(30-16)13-3-2-4-14(23)9-13)21(27)26(25-12)15-5-7-19(24)18(10-15)22(28)29/h2-11H,1H3,(H,28,29)/b17-11-. The van der Waals surface area contributed by atoms with Crippen LogP contribution in [0.15, 0.2) is 69.7 Å². The molecule has 0 atom stereocenters. The van der Waals surface area contributed by atoms with Crippen LogP contribution in [-0.4, -0.2) is 22.7 Å². The van der Waals surface area contributed by atoms with Crippen LogP contribution in [0.25, 0.3) is 17.4 Å². The quantitative estimate of drug-likeness (QED) is 0.522. The van der Waals surface area contributed by atoms with Crippen LogP contribution in [0.2, 0.25) is 10.0 Å². The maximum Gasteiger partial charge on any atom is 0.337 e. The van der Waals surface area contributed by atoms with E-state index in [0.717, 1.165) is 10.6 Å². The molecule has 2 heterocycles. The molecule has 1 aliphatic rings. The zero-order valence-corrected chi connectivity index (χ0v) is 17.1. The second-order valence-corrected chi connectivity index (χ2v) is 7.39. The van der Waals surface area contributed by atoms with Gasteiger partial charge in [0.1, 0.15) is 11.5 Å². The van der Waals surface area contributed by atoms with E-state index >= 15 is 0 Å². The summed E-state index contributed by atoms with van der Waals surface area (Å²) in [6, 6.07) is 15.1. The molecule has 2 aromatic carbocycles. The lowest BCUT2D eigenvalue weighted by molar-refractivity contribution is -0.114. The number of amides is 1. The minimum absolute atomic E-state index is 0.0819. The monoisotopic (exact) mass is 440 g/mol. The predicted molar refractivity (Wildman–Crippen MR) is 116 cm³/mol. The summed E-state index contributed by atoms with van der Waals surface area (Å²) in [6.45, 7) is 1.69. The lowest BCUT2D eigenvalue weighted by Crippen LogP contribution is -2.21. The fourth-order valence-corrected chi connectivity index (χ4v) is 3.43. The number of benzene rings is 2. The topological polar surface area (TPSA) is 83.1 Å². The first-order valence-corrected chi connectivity index (χ1v) is 9.59. The van der Waals surface area contributed by atoms with Crippen LogP contribution in [0.4, 0.5) is 5.69 Å². The summed E-state index contributed by atoms with van der Waals surface area (Å²) in [7, 11) is 0. The molecule has 0 aliphatic carbocycles. The van der Waals surface area contributed by atoms with Crippen molar-refractivity contribution in [2.75, 3.05) is 5.01 Å². The van der Waals surface area contributed by atoms with E-state index in [1.807, 2.05) is 12.1 Å². The maximum atomic E-state index is 12.9. The number of halogens is 2. The molecule has 3 aromatic rings. The van der Waals surface area contributed by atoms with Gasteiger partial charge in [0.25, 0.3) is 5.91 Å². The van der Waals surface area contributed by atoms with Gasteiger partial charge in [0.05, 0.1) is 27.6 Å². The molecule has 0 bridgehead atoms. The van der Waals surface area contributed by atoms with Crippen LogP contribution in [-0.2, 0) is 4.79 Å². The van der Waals surface area contributed by atoms with Gasteiger partial charge in [0, 0.05) is 10.6 Å². The van der Waals surface area contributed by atoms with Gasteiger partial charge in [-0.05, 0) is 55.5 Å². The average molecular weight is 441 g/mol. The van der Waals surface area contributed by atoms with Crippen molar-refractivity contribution >= 4 is 52.6 Å². The first-order chi connectivity index (χ1) is 14.3. The Kier molecular flexibility index (Phi) is 5.20. The van der Waals surface area contributed by atoms with E-state index in [1.54, 1.807) is 37.3 Å². The number of nitrogens with zero attached hydrogens (tertiary/aromatic N) is 2. The predicted octanol–water partition coefficient (Wildman–Crippen LogP) is 5.76. The number of rotatable bonds is 4. The Bertz CT molecular complexity index is 1240. The van der Waals surface area contributed by atoms with Gasteiger partial charge < -0.3 is 9.52 Å². The second-order valence-electron chi connectivity index (χ2n) is 6.54. The number of aromatic carboxylic acids is 1. The third-order valence-corrected chi connectivity index (χ3v) is 5.07. The summed E-state index contributed by atoms with van der Waals surface area (Å²) in [5.41, 5.74) is 1.84. The third kappa shape index (κ3) is 3.75. The number of carboxylic acids is 1. The van der Waals surface area contributed by atoms with E-state index in [4.69, 9.17) is 27.6 Å². The van der Waals surface area contributed by atoms with Crippen molar-refractivity contribution in [3.63, 3.8) is 0 Å². The number of hydrogen-bond acceptors (Lipinski definition) is 4. The molecule has 0 unspecified atom stereocenters. The SMILES string of the molecule is CC1=NN(c2ccc(Cl)c(C(=O)O)c2)C(=O)/C1=C\c1ccc(-c2cccc(Cl)c2)o1. The van der Waals surface area contributed by atoms with Crippen LogP contribution in [0.1, 0.15) is 23.0 Å². The highest BCUT2D eigenvalue weighted by Crippen LogP contribution is 2.30. The molecule has 30 heavy (non-hydrogen) atoms. The van der Waals surface area contributed by atoms with Gasteiger partial charge in [0.2, 0.25) is 0 Å². The second kappa shape index (κ2) is 7.82. The number of carbonyl (C=O) groups is 2. The molecule has 1 aromatic heterocycles. The Hall–Kier alpha value is -3.35. The van der Waals surface area contributed by atoms with Gasteiger partial charge in [-0.3, -0.25) is 4.79 Å². The van der Waals surface area contributed by atoms with Gasteiger partial charge in [-0.2, -0.15) is 10.1 Å². The highest BCUT2D eigenvalue weighted by molar-refractivity contribution is 6.34. The first kappa shape index (κ1) is 19.9. The molecule has 150 valence electrons. The van der Waals surface area contributed by atoms with Gasteiger partial charge in [0.15, 0.2) is 0 Å². The molecule has 8 heteroatoms. The molecule has 1 amide bonds. The fourth-order valence-electron chi connectivity index (χ4n) is 3.04. The molecular weight excluding hydrogens is 427 g/mol. The molecule has 0 saturated carbocycles. The summed E-state index contributed by atoms with van der Waals surface area (Å²) in [6.07, 6.45) is 1.60. The Morgan fingerprint density at radius 2 is 1.93 bits per heavy atom. The van der Waals surface area contributed by atoms with Crippen LogP contribution in [0, 0.1) is 0 Å². The highest BCUT2D eigenvalue weighted by atomic mass is 35.5. The maximum absolute atomic E-state index is 12.9. The third-order valence-electron chi connectivity index (χ3n) is 4.51. The summed E-state index contributed by atoms with van der Waals surface area (Å²) in [4.78, 5) is 24.2. The van der Waals surface area contributed by atoms with Crippen LogP contribution in [0.5, 0.6) is 0 Å². The van der Waals surface area contributed by atoms with Crippen molar-refractivity contribution < 1.29 is 19.1 Å². The molecule has 0 saturated heterocycles. The zero-order valence-electron chi connectivity index (χ0n) is 15.6. The largest absolute Gasteiger partial charge is 0.478 e. The number of furan rings is 1. The molecule has 1 aliphatic heterocycles. The normalized spacial score (nSPS) is 15.0.